The average Bonchev–Trinajstić information content (AvgIpc) is 2.38. The molecule has 104 valence electrons. The first-order chi connectivity index (χ1) is 9.17. The highest BCUT2D eigenvalue weighted by molar-refractivity contribution is 9.10. The van der Waals surface area contributed by atoms with Gasteiger partial charge in [-0.3, -0.25) is 0 Å². The third-order valence-corrected chi connectivity index (χ3v) is 3.26. The van der Waals surface area contributed by atoms with Gasteiger partial charge in [0.25, 0.3) is 0 Å². The van der Waals surface area contributed by atoms with Crippen LogP contribution in [0.15, 0.2) is 22.7 Å². The molecule has 0 saturated carbocycles. The van der Waals surface area contributed by atoms with Crippen molar-refractivity contribution < 1.29 is 9.84 Å². The van der Waals surface area contributed by atoms with Crippen LogP contribution >= 0.6 is 15.9 Å². The van der Waals surface area contributed by atoms with E-state index in [0.717, 1.165) is 35.3 Å². The summed E-state index contributed by atoms with van der Waals surface area (Å²) in [5.41, 5.74) is 1.07. The Bertz CT molecular complexity index is 429. The second kappa shape index (κ2) is 8.98. The van der Waals surface area contributed by atoms with Crippen LogP contribution in [0.2, 0.25) is 0 Å². The van der Waals surface area contributed by atoms with Gasteiger partial charge in [0.2, 0.25) is 0 Å². The molecule has 0 spiro atoms. The van der Waals surface area contributed by atoms with E-state index >= 15 is 0 Å². The summed E-state index contributed by atoms with van der Waals surface area (Å²) in [6.07, 6.45) is 6.02. The summed E-state index contributed by atoms with van der Waals surface area (Å²) < 4.78 is 6.52. The molecule has 1 unspecified atom stereocenters. The van der Waals surface area contributed by atoms with E-state index in [1.807, 2.05) is 18.2 Å². The molecule has 1 aromatic carbocycles. The van der Waals surface area contributed by atoms with Gasteiger partial charge in [0.1, 0.15) is 12.4 Å². The number of aliphatic hydroxyl groups excluding tert-OH is 1. The van der Waals surface area contributed by atoms with Crippen molar-refractivity contribution in [3.8, 4) is 18.1 Å². The minimum absolute atomic E-state index is 0.232. The summed E-state index contributed by atoms with van der Waals surface area (Å²) in [7, 11) is 0. The van der Waals surface area contributed by atoms with Crippen LogP contribution in [-0.4, -0.2) is 24.9 Å². The first-order valence-electron chi connectivity index (χ1n) is 6.33. The first kappa shape index (κ1) is 16.0. The van der Waals surface area contributed by atoms with Crippen LogP contribution in [0, 0.1) is 18.3 Å². The maximum atomic E-state index is 8.86. The van der Waals surface area contributed by atoms with E-state index < -0.39 is 0 Å². The largest absolute Gasteiger partial charge is 0.481 e. The molecule has 0 aliphatic heterocycles. The maximum Gasteiger partial charge on any atom is 0.148 e. The molecular formula is C15H20BrNO2. The van der Waals surface area contributed by atoms with Crippen molar-refractivity contribution in [3.63, 3.8) is 0 Å². The number of halogens is 1. The fraction of sp³-hybridized carbons (Fsp3) is 0.467. The van der Waals surface area contributed by atoms with Crippen molar-refractivity contribution in [2.24, 2.45) is 5.92 Å². The summed E-state index contributed by atoms with van der Waals surface area (Å²) in [6.45, 7) is 4.20. The Morgan fingerprint density at radius 2 is 2.32 bits per heavy atom. The second-order valence-electron chi connectivity index (χ2n) is 4.49. The lowest BCUT2D eigenvalue weighted by atomic mass is 10.1. The molecule has 0 heterocycles. The second-order valence-corrected chi connectivity index (χ2v) is 5.41. The molecule has 0 amide bonds. The molecule has 0 aliphatic rings. The van der Waals surface area contributed by atoms with Crippen LogP contribution in [0.1, 0.15) is 18.9 Å². The van der Waals surface area contributed by atoms with Crippen molar-refractivity contribution in [1.29, 1.82) is 0 Å². The smallest absolute Gasteiger partial charge is 0.148 e. The van der Waals surface area contributed by atoms with Gasteiger partial charge < -0.3 is 15.2 Å². The zero-order valence-electron chi connectivity index (χ0n) is 11.2. The number of aliphatic hydroxyl groups is 1. The summed E-state index contributed by atoms with van der Waals surface area (Å²) in [6, 6.07) is 5.87. The van der Waals surface area contributed by atoms with E-state index in [-0.39, 0.29) is 13.2 Å². The van der Waals surface area contributed by atoms with E-state index in [0.29, 0.717) is 5.92 Å². The number of ether oxygens (including phenoxy) is 1. The average molecular weight is 326 g/mol. The summed E-state index contributed by atoms with van der Waals surface area (Å²) in [5, 5.41) is 12.2. The molecule has 0 aromatic heterocycles. The van der Waals surface area contributed by atoms with Crippen molar-refractivity contribution in [1.82, 2.24) is 5.32 Å². The molecular weight excluding hydrogens is 306 g/mol. The van der Waals surface area contributed by atoms with Gasteiger partial charge in [0, 0.05) is 23.2 Å². The van der Waals surface area contributed by atoms with Crippen molar-refractivity contribution in [3.05, 3.63) is 28.2 Å². The molecule has 4 heteroatoms. The van der Waals surface area contributed by atoms with Crippen molar-refractivity contribution >= 4 is 15.9 Å². The SMILES string of the molecule is C#CCOc1ccc(Br)cc1CNCC(C)CCO. The van der Waals surface area contributed by atoms with Gasteiger partial charge in [-0.1, -0.05) is 28.8 Å². The van der Waals surface area contributed by atoms with E-state index in [1.54, 1.807) is 0 Å². The Balaban J connectivity index is 2.55. The summed E-state index contributed by atoms with van der Waals surface area (Å²) in [5.74, 6) is 3.73. The fourth-order valence-corrected chi connectivity index (χ4v) is 2.13. The van der Waals surface area contributed by atoms with Gasteiger partial charge in [-0.25, -0.2) is 0 Å². The number of hydrogen-bond donors (Lipinski definition) is 2. The van der Waals surface area contributed by atoms with Gasteiger partial charge in [0.05, 0.1) is 0 Å². The van der Waals surface area contributed by atoms with Gasteiger partial charge in [-0.05, 0) is 37.1 Å². The zero-order valence-corrected chi connectivity index (χ0v) is 12.7. The third kappa shape index (κ3) is 6.11. The fourth-order valence-electron chi connectivity index (χ4n) is 1.72. The number of terminal acetylenes is 1. The number of nitrogens with one attached hydrogen (secondary N) is 1. The number of rotatable bonds is 8. The molecule has 0 aliphatic carbocycles. The first-order valence-corrected chi connectivity index (χ1v) is 7.13. The number of hydrogen-bond acceptors (Lipinski definition) is 3. The predicted octanol–water partition coefficient (Wildman–Crippen LogP) is 2.57. The van der Waals surface area contributed by atoms with Gasteiger partial charge in [-0.15, -0.1) is 6.42 Å². The Labute approximate surface area is 123 Å². The molecule has 1 rings (SSSR count). The molecule has 0 radical (unpaired) electrons. The molecule has 0 bridgehead atoms. The lowest BCUT2D eigenvalue weighted by Gasteiger charge is -2.14. The normalized spacial score (nSPS) is 11.9. The minimum atomic E-state index is 0.232. The maximum absolute atomic E-state index is 8.86. The van der Waals surface area contributed by atoms with Gasteiger partial charge in [-0.2, -0.15) is 0 Å². The molecule has 0 fully saturated rings. The lowest BCUT2D eigenvalue weighted by Crippen LogP contribution is -2.21. The Kier molecular flexibility index (Phi) is 7.57. The van der Waals surface area contributed by atoms with Crippen LogP contribution < -0.4 is 10.1 Å². The van der Waals surface area contributed by atoms with E-state index in [4.69, 9.17) is 16.3 Å². The quantitative estimate of drug-likeness (QED) is 0.722. The molecule has 0 saturated heterocycles. The highest BCUT2D eigenvalue weighted by atomic mass is 79.9. The molecule has 19 heavy (non-hydrogen) atoms. The highest BCUT2D eigenvalue weighted by Gasteiger charge is 2.06. The minimum Gasteiger partial charge on any atom is -0.481 e. The zero-order chi connectivity index (χ0) is 14.1. The van der Waals surface area contributed by atoms with Crippen LogP contribution in [0.4, 0.5) is 0 Å². The highest BCUT2D eigenvalue weighted by Crippen LogP contribution is 2.23. The van der Waals surface area contributed by atoms with Gasteiger partial charge >= 0.3 is 0 Å². The lowest BCUT2D eigenvalue weighted by molar-refractivity contribution is 0.260. The van der Waals surface area contributed by atoms with Crippen LogP contribution in [0.3, 0.4) is 0 Å². The van der Waals surface area contributed by atoms with E-state index in [2.05, 4.69) is 34.1 Å². The van der Waals surface area contributed by atoms with Crippen LogP contribution in [-0.2, 0) is 6.54 Å². The van der Waals surface area contributed by atoms with Crippen molar-refractivity contribution in [2.75, 3.05) is 19.8 Å². The Hall–Kier alpha value is -1.02. The predicted molar refractivity (Wildman–Crippen MR) is 81.0 cm³/mol. The molecule has 2 N–H and O–H groups in total. The number of benzene rings is 1. The summed E-state index contributed by atoms with van der Waals surface area (Å²) >= 11 is 3.45. The van der Waals surface area contributed by atoms with E-state index in [1.165, 1.54) is 0 Å². The monoisotopic (exact) mass is 325 g/mol. The van der Waals surface area contributed by atoms with Crippen LogP contribution in [0.25, 0.3) is 0 Å². The topological polar surface area (TPSA) is 41.5 Å². The third-order valence-electron chi connectivity index (χ3n) is 2.76. The Morgan fingerprint density at radius 3 is 3.00 bits per heavy atom. The van der Waals surface area contributed by atoms with Crippen LogP contribution in [0.5, 0.6) is 5.75 Å². The standard InChI is InChI=1S/C15H20BrNO2/c1-3-8-19-15-5-4-14(16)9-13(15)11-17-10-12(2)6-7-18/h1,4-5,9,12,17-18H,6-8,10-11H2,2H3. The Morgan fingerprint density at radius 1 is 1.53 bits per heavy atom. The molecule has 3 nitrogen and oxygen atoms in total. The van der Waals surface area contributed by atoms with Crippen molar-refractivity contribution in [2.45, 2.75) is 19.9 Å². The molecule has 1 aromatic rings. The molecule has 1 atom stereocenters. The summed E-state index contributed by atoms with van der Waals surface area (Å²) in [4.78, 5) is 0. The van der Waals surface area contributed by atoms with Gasteiger partial charge in [0.15, 0.2) is 0 Å². The van der Waals surface area contributed by atoms with E-state index in [9.17, 15) is 0 Å².